The first-order valence-electron chi connectivity index (χ1n) is 9.80. The van der Waals surface area contributed by atoms with Crippen molar-refractivity contribution in [2.45, 2.75) is 12.5 Å². The first-order valence-corrected chi connectivity index (χ1v) is 11.0. The number of carbonyl (C=O) groups is 1. The molecule has 1 aliphatic heterocycles. The summed E-state index contributed by atoms with van der Waals surface area (Å²) >= 11 is 7.87. The normalized spacial score (nSPS) is 16.3. The molecule has 0 saturated carbocycles. The summed E-state index contributed by atoms with van der Waals surface area (Å²) < 4.78 is 8.66. The van der Waals surface area contributed by atoms with E-state index in [1.807, 2.05) is 12.1 Å². The number of aromatic nitrogens is 3. The monoisotopic (exact) mass is 453 g/mol. The molecular weight excluding hydrogens is 434 g/mol. The van der Waals surface area contributed by atoms with Crippen LogP contribution in [-0.2, 0) is 4.79 Å². The van der Waals surface area contributed by atoms with Gasteiger partial charge < -0.3 is 19.9 Å². The number of hydrogen-bond donors (Lipinski definition) is 1. The van der Waals surface area contributed by atoms with E-state index in [0.29, 0.717) is 23.9 Å². The van der Waals surface area contributed by atoms with Gasteiger partial charge in [0.25, 0.3) is 0 Å². The van der Waals surface area contributed by atoms with Crippen molar-refractivity contribution in [2.24, 2.45) is 0 Å². The van der Waals surface area contributed by atoms with Gasteiger partial charge in [-0.25, -0.2) is 9.97 Å². The van der Waals surface area contributed by atoms with Crippen LogP contribution in [0.1, 0.15) is 12.5 Å². The Morgan fingerprint density at radius 2 is 2.23 bits per heavy atom. The molecule has 1 aromatic carbocycles. The largest absolute Gasteiger partial charge is 0.495 e. The van der Waals surface area contributed by atoms with Gasteiger partial charge in [0.05, 0.1) is 23.2 Å². The van der Waals surface area contributed by atoms with Gasteiger partial charge in [0.2, 0.25) is 5.91 Å². The molecule has 1 amide bonds. The number of anilines is 1. The van der Waals surface area contributed by atoms with Crippen LogP contribution in [0.5, 0.6) is 5.75 Å². The number of nitrogens with two attached hydrogens (primary N) is 1. The molecule has 31 heavy (non-hydrogen) atoms. The van der Waals surface area contributed by atoms with Crippen LogP contribution < -0.4 is 10.5 Å². The Hall–Kier alpha value is -3.10. The van der Waals surface area contributed by atoms with E-state index in [2.05, 4.69) is 33.4 Å². The quantitative estimate of drug-likeness (QED) is 0.459. The molecule has 158 valence electrons. The average molecular weight is 454 g/mol. The Bertz CT molecular complexity index is 1340. The van der Waals surface area contributed by atoms with Crippen molar-refractivity contribution in [3.63, 3.8) is 0 Å². The molecule has 4 heterocycles. The van der Waals surface area contributed by atoms with Gasteiger partial charge in [0.15, 0.2) is 0 Å². The van der Waals surface area contributed by atoms with Crippen LogP contribution in [0.25, 0.3) is 31.6 Å². The smallest absolute Gasteiger partial charge is 0.246 e. The van der Waals surface area contributed by atoms with Crippen molar-refractivity contribution in [2.75, 3.05) is 25.9 Å². The van der Waals surface area contributed by atoms with E-state index in [9.17, 15) is 4.79 Å². The summed E-state index contributed by atoms with van der Waals surface area (Å²) in [5, 5.41) is 2.44. The summed E-state index contributed by atoms with van der Waals surface area (Å²) in [6, 6.07) is 5.93. The van der Waals surface area contributed by atoms with Gasteiger partial charge in [0.1, 0.15) is 23.5 Å². The number of thiophene rings is 1. The van der Waals surface area contributed by atoms with E-state index < -0.39 is 0 Å². The molecule has 4 aromatic rings. The zero-order valence-electron chi connectivity index (χ0n) is 16.8. The lowest BCUT2D eigenvalue weighted by Crippen LogP contribution is -2.27. The fourth-order valence-electron chi connectivity index (χ4n) is 4.24. The Morgan fingerprint density at radius 3 is 3.00 bits per heavy atom. The molecule has 5 rings (SSSR count). The zero-order chi connectivity index (χ0) is 21.7. The fourth-order valence-corrected chi connectivity index (χ4v) is 5.61. The molecule has 0 aliphatic carbocycles. The minimum atomic E-state index is -0.0539. The number of rotatable bonds is 4. The molecule has 0 radical (unpaired) electrons. The summed E-state index contributed by atoms with van der Waals surface area (Å²) in [7, 11) is 1.64. The molecule has 1 unspecified atom stereocenters. The molecule has 3 aromatic heterocycles. The van der Waals surface area contributed by atoms with Crippen LogP contribution in [0.2, 0.25) is 5.02 Å². The van der Waals surface area contributed by atoms with Crippen molar-refractivity contribution < 1.29 is 9.53 Å². The van der Waals surface area contributed by atoms with Gasteiger partial charge in [-0.2, -0.15) is 0 Å². The van der Waals surface area contributed by atoms with Gasteiger partial charge in [-0.05, 0) is 30.0 Å². The third-order valence-corrected chi connectivity index (χ3v) is 7.13. The van der Waals surface area contributed by atoms with Crippen LogP contribution in [-0.4, -0.2) is 45.5 Å². The molecule has 0 spiro atoms. The van der Waals surface area contributed by atoms with Crippen LogP contribution in [0.3, 0.4) is 0 Å². The summed E-state index contributed by atoms with van der Waals surface area (Å²) in [6.45, 7) is 4.89. The van der Waals surface area contributed by atoms with Crippen LogP contribution in [0, 0.1) is 0 Å². The van der Waals surface area contributed by atoms with E-state index in [1.165, 1.54) is 12.4 Å². The van der Waals surface area contributed by atoms with Gasteiger partial charge in [-0.1, -0.05) is 18.2 Å². The molecule has 2 N–H and O–H groups in total. The first kappa shape index (κ1) is 19.8. The topological polar surface area (TPSA) is 86.3 Å². The minimum Gasteiger partial charge on any atom is -0.495 e. The fraction of sp³-hybridized carbons (Fsp3) is 0.227. The standard InChI is InChI=1S/C22H20ClN5O2S/c1-3-18(29)27-5-4-14(9-27)28-10-15(19-21(24)25-11-26-22(19)28)17-7-12-6-13(23)8-16(30-2)20(12)31-17/h3,6-8,10-11,14H,1,4-5,9H2,2H3,(H2,24,25,26). The summed E-state index contributed by atoms with van der Waals surface area (Å²) in [4.78, 5) is 23.6. The zero-order valence-corrected chi connectivity index (χ0v) is 18.4. The predicted molar refractivity (Wildman–Crippen MR) is 125 cm³/mol. The van der Waals surface area contributed by atoms with Crippen LogP contribution in [0.15, 0.2) is 43.4 Å². The van der Waals surface area contributed by atoms with E-state index >= 15 is 0 Å². The number of fused-ring (bicyclic) bond motifs is 2. The number of nitrogen functional groups attached to an aromatic ring is 1. The predicted octanol–water partition coefficient (Wildman–Crippen LogP) is 4.52. The second kappa shape index (κ2) is 7.55. The van der Waals surface area contributed by atoms with E-state index in [4.69, 9.17) is 22.1 Å². The molecule has 1 atom stereocenters. The Kier molecular flexibility index (Phi) is 4.83. The lowest BCUT2D eigenvalue weighted by atomic mass is 10.1. The highest BCUT2D eigenvalue weighted by atomic mass is 35.5. The van der Waals surface area contributed by atoms with Crippen LogP contribution in [0.4, 0.5) is 5.82 Å². The van der Waals surface area contributed by atoms with E-state index in [0.717, 1.165) is 43.7 Å². The van der Waals surface area contributed by atoms with Crippen LogP contribution >= 0.6 is 22.9 Å². The number of benzene rings is 1. The average Bonchev–Trinajstić information content (AvgIpc) is 3.48. The minimum absolute atomic E-state index is 0.0539. The van der Waals surface area contributed by atoms with Gasteiger partial charge in [0, 0.05) is 40.8 Å². The highest BCUT2D eigenvalue weighted by Crippen LogP contribution is 2.44. The summed E-state index contributed by atoms with van der Waals surface area (Å²) in [5.74, 6) is 1.11. The Labute approximate surface area is 187 Å². The third-order valence-electron chi connectivity index (χ3n) is 5.71. The maximum Gasteiger partial charge on any atom is 0.246 e. The second-order valence-electron chi connectivity index (χ2n) is 7.48. The van der Waals surface area contributed by atoms with E-state index in [1.54, 1.807) is 23.3 Å². The molecule has 1 saturated heterocycles. The molecule has 1 aliphatic rings. The number of amides is 1. The van der Waals surface area contributed by atoms with Crippen molar-refractivity contribution in [1.82, 2.24) is 19.4 Å². The SMILES string of the molecule is C=CC(=O)N1CCC(n2cc(-c3cc4cc(Cl)cc(OC)c4s3)c3c(N)ncnc32)C1. The lowest BCUT2D eigenvalue weighted by Gasteiger charge is -2.15. The molecular formula is C22H20ClN5O2S. The Balaban J connectivity index is 1.66. The number of nitrogens with zero attached hydrogens (tertiary/aromatic N) is 4. The number of methoxy groups -OCH3 is 1. The van der Waals surface area contributed by atoms with Crippen molar-refractivity contribution in [3.05, 3.63) is 48.4 Å². The maximum absolute atomic E-state index is 12.1. The molecule has 1 fully saturated rings. The van der Waals surface area contributed by atoms with Crippen molar-refractivity contribution >= 4 is 55.8 Å². The van der Waals surface area contributed by atoms with Gasteiger partial charge in [-0.15, -0.1) is 11.3 Å². The van der Waals surface area contributed by atoms with Crippen molar-refractivity contribution in [1.29, 1.82) is 0 Å². The highest BCUT2D eigenvalue weighted by molar-refractivity contribution is 7.22. The highest BCUT2D eigenvalue weighted by Gasteiger charge is 2.29. The number of carbonyl (C=O) groups excluding carboxylic acids is 1. The second-order valence-corrected chi connectivity index (χ2v) is 8.96. The molecule has 0 bridgehead atoms. The van der Waals surface area contributed by atoms with Crippen molar-refractivity contribution in [3.8, 4) is 16.2 Å². The summed E-state index contributed by atoms with van der Waals surface area (Å²) in [6.07, 6.45) is 5.74. The number of ether oxygens (including phenoxy) is 1. The van der Waals surface area contributed by atoms with Gasteiger partial charge in [-0.3, -0.25) is 4.79 Å². The molecule has 9 heteroatoms. The number of likely N-dealkylation sites (tertiary alicyclic amines) is 1. The third kappa shape index (κ3) is 3.23. The summed E-state index contributed by atoms with van der Waals surface area (Å²) in [5.41, 5.74) is 8.02. The molecule has 7 nitrogen and oxygen atoms in total. The van der Waals surface area contributed by atoms with E-state index in [-0.39, 0.29) is 11.9 Å². The maximum atomic E-state index is 12.1. The first-order chi connectivity index (χ1) is 15.0. The number of hydrogen-bond acceptors (Lipinski definition) is 6. The lowest BCUT2D eigenvalue weighted by molar-refractivity contribution is -0.125. The number of halogens is 1. The van der Waals surface area contributed by atoms with Gasteiger partial charge >= 0.3 is 0 Å². The Morgan fingerprint density at radius 1 is 1.39 bits per heavy atom.